The lowest BCUT2D eigenvalue weighted by Crippen LogP contribution is -2.44. The molecule has 5 nitrogen and oxygen atoms in total. The third kappa shape index (κ3) is 6.81. The van der Waals surface area contributed by atoms with Gasteiger partial charge in [0.1, 0.15) is 11.6 Å². The van der Waals surface area contributed by atoms with Crippen LogP contribution in [-0.4, -0.2) is 28.8 Å². The van der Waals surface area contributed by atoms with Gasteiger partial charge in [0.2, 0.25) is 0 Å². The molecular formula is C21H22F3NO4. The first-order chi connectivity index (χ1) is 13.3. The van der Waals surface area contributed by atoms with Crippen molar-refractivity contribution in [1.29, 1.82) is 0 Å². The molecule has 156 valence electrons. The zero-order valence-corrected chi connectivity index (χ0v) is 16.2. The van der Waals surface area contributed by atoms with Crippen molar-refractivity contribution in [3.05, 3.63) is 59.7 Å². The highest BCUT2D eigenvalue weighted by Gasteiger charge is 2.30. The normalized spacial score (nSPS) is 12.9. The van der Waals surface area contributed by atoms with Gasteiger partial charge in [0.15, 0.2) is 0 Å². The second-order valence-electron chi connectivity index (χ2n) is 7.52. The lowest BCUT2D eigenvalue weighted by molar-refractivity contribution is -0.139. The van der Waals surface area contributed by atoms with Crippen LogP contribution in [0.4, 0.5) is 18.0 Å². The largest absolute Gasteiger partial charge is 0.480 e. The third-order valence-corrected chi connectivity index (χ3v) is 3.90. The molecule has 0 saturated carbocycles. The maximum atomic E-state index is 12.7. The van der Waals surface area contributed by atoms with Crippen molar-refractivity contribution < 1.29 is 32.6 Å². The highest BCUT2D eigenvalue weighted by atomic mass is 19.4. The number of aliphatic carboxylic acids is 1. The Morgan fingerprint density at radius 2 is 1.66 bits per heavy atom. The summed E-state index contributed by atoms with van der Waals surface area (Å²) in [6.45, 7) is 4.99. The third-order valence-electron chi connectivity index (χ3n) is 3.90. The molecule has 0 heterocycles. The fourth-order valence-corrected chi connectivity index (χ4v) is 2.62. The molecule has 0 radical (unpaired) electrons. The van der Waals surface area contributed by atoms with Crippen molar-refractivity contribution in [2.45, 2.75) is 45.0 Å². The minimum absolute atomic E-state index is 0.0109. The molecule has 0 aromatic heterocycles. The zero-order valence-electron chi connectivity index (χ0n) is 16.2. The number of rotatable bonds is 5. The molecule has 2 rings (SSSR count). The molecule has 0 aliphatic carbocycles. The number of amides is 1. The van der Waals surface area contributed by atoms with E-state index in [1.165, 1.54) is 12.1 Å². The highest BCUT2D eigenvalue weighted by Crippen LogP contribution is 2.31. The van der Waals surface area contributed by atoms with Crippen molar-refractivity contribution in [3.8, 4) is 11.1 Å². The summed E-state index contributed by atoms with van der Waals surface area (Å²) in [5.41, 5.74) is 0.288. The number of halogens is 3. The van der Waals surface area contributed by atoms with E-state index in [-0.39, 0.29) is 6.42 Å². The molecule has 2 aromatic carbocycles. The molecular weight excluding hydrogens is 387 g/mol. The van der Waals surface area contributed by atoms with E-state index in [1.54, 1.807) is 45.0 Å². The lowest BCUT2D eigenvalue weighted by Gasteiger charge is -2.22. The Morgan fingerprint density at radius 3 is 2.17 bits per heavy atom. The molecule has 0 bridgehead atoms. The number of ether oxygens (including phenoxy) is 1. The first-order valence-electron chi connectivity index (χ1n) is 8.84. The first kappa shape index (κ1) is 22.3. The molecule has 0 fully saturated rings. The van der Waals surface area contributed by atoms with E-state index >= 15 is 0 Å². The van der Waals surface area contributed by atoms with Gasteiger partial charge in [-0.2, -0.15) is 13.2 Å². The molecule has 0 unspecified atom stereocenters. The minimum atomic E-state index is -4.41. The summed E-state index contributed by atoms with van der Waals surface area (Å²) in [4.78, 5) is 23.4. The number of carboxylic acids is 1. The van der Waals surface area contributed by atoms with Crippen LogP contribution in [0, 0.1) is 0 Å². The second-order valence-corrected chi connectivity index (χ2v) is 7.52. The number of alkyl carbamates (subject to hydrolysis) is 1. The smallest absolute Gasteiger partial charge is 0.416 e. The van der Waals surface area contributed by atoms with E-state index < -0.39 is 35.4 Å². The first-order valence-corrected chi connectivity index (χ1v) is 8.84. The zero-order chi connectivity index (χ0) is 21.8. The average molecular weight is 409 g/mol. The molecule has 0 spiro atoms. The van der Waals surface area contributed by atoms with E-state index in [1.807, 2.05) is 0 Å². The Labute approximate surface area is 166 Å². The standard InChI is InChI=1S/C21H22F3NO4/c1-20(2,3)29-19(28)25-17(18(26)27)12-13-5-4-6-15(11-13)14-7-9-16(10-8-14)21(22,23)24/h4-11,17H,12H2,1-3H3,(H,25,28)(H,26,27)/t17-/m0/s1. The van der Waals surface area contributed by atoms with Crippen LogP contribution in [0.3, 0.4) is 0 Å². The summed E-state index contributed by atoms with van der Waals surface area (Å²) >= 11 is 0. The Bertz CT molecular complexity index is 871. The fourth-order valence-electron chi connectivity index (χ4n) is 2.62. The molecule has 29 heavy (non-hydrogen) atoms. The number of hydrogen-bond donors (Lipinski definition) is 2. The number of carbonyl (C=O) groups excluding carboxylic acids is 1. The predicted molar refractivity (Wildman–Crippen MR) is 101 cm³/mol. The van der Waals surface area contributed by atoms with Crippen molar-refractivity contribution in [3.63, 3.8) is 0 Å². The van der Waals surface area contributed by atoms with Gasteiger partial charge in [-0.05, 0) is 49.6 Å². The monoisotopic (exact) mass is 409 g/mol. The van der Waals surface area contributed by atoms with Gasteiger partial charge < -0.3 is 15.2 Å². The molecule has 2 N–H and O–H groups in total. The van der Waals surface area contributed by atoms with Crippen LogP contribution < -0.4 is 5.32 Å². The summed E-state index contributed by atoms with van der Waals surface area (Å²) in [6.07, 6.45) is -5.27. The number of carbonyl (C=O) groups is 2. The van der Waals surface area contributed by atoms with Crippen molar-refractivity contribution in [2.75, 3.05) is 0 Å². The number of nitrogens with one attached hydrogen (secondary N) is 1. The predicted octanol–water partition coefficient (Wildman–Crippen LogP) is 4.89. The number of hydrogen-bond acceptors (Lipinski definition) is 3. The quantitative estimate of drug-likeness (QED) is 0.737. The fraction of sp³-hybridized carbons (Fsp3) is 0.333. The maximum Gasteiger partial charge on any atom is 0.416 e. The van der Waals surface area contributed by atoms with E-state index in [0.29, 0.717) is 16.7 Å². The average Bonchev–Trinajstić information content (AvgIpc) is 2.59. The van der Waals surface area contributed by atoms with Crippen LogP contribution in [0.2, 0.25) is 0 Å². The Kier molecular flexibility index (Phi) is 6.56. The second kappa shape index (κ2) is 8.55. The van der Waals surface area contributed by atoms with Gasteiger partial charge in [0.25, 0.3) is 0 Å². The molecule has 1 atom stereocenters. The van der Waals surface area contributed by atoms with E-state index in [2.05, 4.69) is 5.32 Å². The highest BCUT2D eigenvalue weighted by molar-refractivity contribution is 5.80. The summed E-state index contributed by atoms with van der Waals surface area (Å²) in [7, 11) is 0. The van der Waals surface area contributed by atoms with E-state index in [4.69, 9.17) is 4.74 Å². The molecule has 8 heteroatoms. The van der Waals surface area contributed by atoms with Crippen LogP contribution in [-0.2, 0) is 22.1 Å². The Balaban J connectivity index is 2.17. The van der Waals surface area contributed by atoms with Gasteiger partial charge in [0, 0.05) is 6.42 Å². The SMILES string of the molecule is CC(C)(C)OC(=O)N[C@@H](Cc1cccc(-c2ccc(C(F)(F)F)cc2)c1)C(=O)O. The van der Waals surface area contributed by atoms with Crippen molar-refractivity contribution in [2.24, 2.45) is 0 Å². The van der Waals surface area contributed by atoms with Gasteiger partial charge in [-0.1, -0.05) is 36.4 Å². The minimum Gasteiger partial charge on any atom is -0.480 e. The van der Waals surface area contributed by atoms with Crippen LogP contribution >= 0.6 is 0 Å². The molecule has 0 aliphatic heterocycles. The topological polar surface area (TPSA) is 75.6 Å². The summed E-state index contributed by atoms with van der Waals surface area (Å²) in [6, 6.07) is 10.2. The van der Waals surface area contributed by atoms with Gasteiger partial charge in [0.05, 0.1) is 5.56 Å². The summed E-state index contributed by atoms with van der Waals surface area (Å²) < 4.78 is 43.2. The van der Waals surface area contributed by atoms with Crippen LogP contribution in [0.15, 0.2) is 48.5 Å². The molecule has 2 aromatic rings. The Hall–Kier alpha value is -3.03. The van der Waals surface area contributed by atoms with Crippen LogP contribution in [0.1, 0.15) is 31.9 Å². The van der Waals surface area contributed by atoms with Crippen molar-refractivity contribution in [1.82, 2.24) is 5.32 Å². The van der Waals surface area contributed by atoms with Gasteiger partial charge in [-0.3, -0.25) is 0 Å². The summed E-state index contributed by atoms with van der Waals surface area (Å²) in [5.74, 6) is -1.23. The molecule has 0 saturated heterocycles. The number of alkyl halides is 3. The lowest BCUT2D eigenvalue weighted by atomic mass is 9.98. The van der Waals surface area contributed by atoms with Gasteiger partial charge >= 0.3 is 18.2 Å². The van der Waals surface area contributed by atoms with Gasteiger partial charge in [-0.15, -0.1) is 0 Å². The number of benzene rings is 2. The Morgan fingerprint density at radius 1 is 1.03 bits per heavy atom. The molecule has 0 aliphatic rings. The maximum absolute atomic E-state index is 12.7. The van der Waals surface area contributed by atoms with Gasteiger partial charge in [-0.25, -0.2) is 9.59 Å². The van der Waals surface area contributed by atoms with Crippen molar-refractivity contribution >= 4 is 12.1 Å². The van der Waals surface area contributed by atoms with E-state index in [9.17, 15) is 27.9 Å². The molecule has 1 amide bonds. The van der Waals surface area contributed by atoms with E-state index in [0.717, 1.165) is 12.1 Å². The van der Waals surface area contributed by atoms with Crippen LogP contribution in [0.25, 0.3) is 11.1 Å². The van der Waals surface area contributed by atoms with Crippen LogP contribution in [0.5, 0.6) is 0 Å². The summed E-state index contributed by atoms with van der Waals surface area (Å²) in [5, 5.41) is 11.7. The number of carboxylic acid groups (broad SMARTS) is 1.